The lowest BCUT2D eigenvalue weighted by atomic mass is 10.1. The van der Waals surface area contributed by atoms with Crippen molar-refractivity contribution in [2.45, 2.75) is 12.8 Å². The molecule has 1 heterocycles. The van der Waals surface area contributed by atoms with Crippen molar-refractivity contribution < 1.29 is 18.7 Å². The summed E-state index contributed by atoms with van der Waals surface area (Å²) in [4.78, 5) is 10.5. The molecule has 0 aliphatic rings. The zero-order valence-corrected chi connectivity index (χ0v) is 11.0. The van der Waals surface area contributed by atoms with Gasteiger partial charge in [0.2, 0.25) is 0 Å². The number of carbonyl (C=O) groups excluding carboxylic acids is 1. The molecule has 2 rings (SSSR count). The van der Waals surface area contributed by atoms with Crippen molar-refractivity contribution in [1.82, 2.24) is 0 Å². The van der Waals surface area contributed by atoms with E-state index >= 15 is 0 Å². The predicted octanol–water partition coefficient (Wildman–Crippen LogP) is 2.89. The van der Waals surface area contributed by atoms with E-state index < -0.39 is 0 Å². The van der Waals surface area contributed by atoms with E-state index in [1.54, 1.807) is 20.3 Å². The third kappa shape index (κ3) is 3.37. The quantitative estimate of drug-likeness (QED) is 0.749. The summed E-state index contributed by atoms with van der Waals surface area (Å²) in [6.07, 6.45) is 2.22. The Kier molecular flexibility index (Phi) is 4.23. The van der Waals surface area contributed by atoms with Gasteiger partial charge in [-0.2, -0.15) is 0 Å². The van der Waals surface area contributed by atoms with Gasteiger partial charge in [-0.05, 0) is 36.2 Å². The first kappa shape index (κ1) is 13.2. The molecule has 0 N–H and O–H groups in total. The van der Waals surface area contributed by atoms with E-state index in [2.05, 4.69) is 0 Å². The summed E-state index contributed by atoms with van der Waals surface area (Å²) in [5.74, 6) is 2.69. The summed E-state index contributed by atoms with van der Waals surface area (Å²) < 4.78 is 15.8. The first-order valence-corrected chi connectivity index (χ1v) is 6.01. The number of aldehydes is 1. The van der Waals surface area contributed by atoms with E-state index in [0.717, 1.165) is 35.7 Å². The molecule has 100 valence electrons. The summed E-state index contributed by atoms with van der Waals surface area (Å²) in [7, 11) is 3.25. The van der Waals surface area contributed by atoms with E-state index in [1.807, 2.05) is 24.3 Å². The Morgan fingerprint density at radius 2 is 1.74 bits per heavy atom. The maximum absolute atomic E-state index is 10.5. The fraction of sp³-hybridized carbons (Fsp3) is 0.267. The van der Waals surface area contributed by atoms with Gasteiger partial charge in [-0.3, -0.25) is 4.79 Å². The van der Waals surface area contributed by atoms with Crippen LogP contribution in [-0.4, -0.2) is 20.5 Å². The standard InChI is InChI=1S/C15H16O4/c1-17-14-7-11(8-15(9-14)18-2)3-4-12-5-6-13(10-16)19-12/h5-10H,3-4H2,1-2H3. The SMILES string of the molecule is COc1cc(CCc2ccc(C=O)o2)cc(OC)c1. The highest BCUT2D eigenvalue weighted by molar-refractivity contribution is 5.70. The van der Waals surface area contributed by atoms with Crippen molar-refractivity contribution >= 4 is 6.29 Å². The summed E-state index contributed by atoms with van der Waals surface area (Å²) in [6.45, 7) is 0. The Labute approximate surface area is 111 Å². The summed E-state index contributed by atoms with van der Waals surface area (Å²) in [6, 6.07) is 9.26. The van der Waals surface area contributed by atoms with Gasteiger partial charge in [0.15, 0.2) is 12.0 Å². The number of ether oxygens (including phenoxy) is 2. The van der Waals surface area contributed by atoms with E-state index in [1.165, 1.54) is 0 Å². The number of carbonyl (C=O) groups is 1. The Bertz CT molecular complexity index is 535. The van der Waals surface area contributed by atoms with Crippen molar-refractivity contribution in [3.05, 3.63) is 47.4 Å². The molecule has 1 aromatic heterocycles. The first-order chi connectivity index (χ1) is 9.25. The summed E-state index contributed by atoms with van der Waals surface area (Å²) >= 11 is 0. The van der Waals surface area contributed by atoms with Crippen LogP contribution in [0.15, 0.2) is 34.7 Å². The van der Waals surface area contributed by atoms with Gasteiger partial charge in [-0.1, -0.05) is 0 Å². The maximum Gasteiger partial charge on any atom is 0.185 e. The molecule has 0 fully saturated rings. The average Bonchev–Trinajstić information content (AvgIpc) is 2.92. The predicted molar refractivity (Wildman–Crippen MR) is 71.0 cm³/mol. The fourth-order valence-corrected chi connectivity index (χ4v) is 1.87. The average molecular weight is 260 g/mol. The monoisotopic (exact) mass is 260 g/mol. The van der Waals surface area contributed by atoms with Crippen LogP contribution in [0.3, 0.4) is 0 Å². The number of hydrogen-bond acceptors (Lipinski definition) is 4. The topological polar surface area (TPSA) is 48.7 Å². The van der Waals surface area contributed by atoms with E-state index in [9.17, 15) is 4.79 Å². The van der Waals surface area contributed by atoms with E-state index in [0.29, 0.717) is 12.0 Å². The summed E-state index contributed by atoms with van der Waals surface area (Å²) in [5, 5.41) is 0. The van der Waals surface area contributed by atoms with Crippen LogP contribution in [0, 0.1) is 0 Å². The molecule has 0 amide bonds. The van der Waals surface area contributed by atoms with Crippen molar-refractivity contribution in [2.75, 3.05) is 14.2 Å². The lowest BCUT2D eigenvalue weighted by Gasteiger charge is -2.07. The maximum atomic E-state index is 10.5. The number of aryl methyl sites for hydroxylation is 2. The molecule has 1 aromatic carbocycles. The zero-order valence-electron chi connectivity index (χ0n) is 11.0. The lowest BCUT2D eigenvalue weighted by Crippen LogP contribution is -1.94. The van der Waals surface area contributed by atoms with Gasteiger partial charge < -0.3 is 13.9 Å². The van der Waals surface area contributed by atoms with Gasteiger partial charge in [0.1, 0.15) is 17.3 Å². The zero-order chi connectivity index (χ0) is 13.7. The van der Waals surface area contributed by atoms with Crippen LogP contribution in [0.4, 0.5) is 0 Å². The molecule has 4 heteroatoms. The minimum atomic E-state index is 0.359. The molecule has 0 saturated heterocycles. The molecule has 0 saturated carbocycles. The van der Waals surface area contributed by atoms with Gasteiger partial charge in [-0.25, -0.2) is 0 Å². The highest BCUT2D eigenvalue weighted by Gasteiger charge is 2.05. The van der Waals surface area contributed by atoms with Gasteiger partial charge in [0, 0.05) is 12.5 Å². The van der Waals surface area contributed by atoms with Crippen LogP contribution in [0.1, 0.15) is 21.9 Å². The highest BCUT2D eigenvalue weighted by atomic mass is 16.5. The van der Waals surface area contributed by atoms with Crippen molar-refractivity contribution in [3.8, 4) is 11.5 Å². The molecule has 0 bridgehead atoms. The number of furan rings is 1. The van der Waals surface area contributed by atoms with Gasteiger partial charge in [-0.15, -0.1) is 0 Å². The molecule has 19 heavy (non-hydrogen) atoms. The molecule has 4 nitrogen and oxygen atoms in total. The van der Waals surface area contributed by atoms with Gasteiger partial charge in [0.25, 0.3) is 0 Å². The van der Waals surface area contributed by atoms with Crippen LogP contribution in [0.5, 0.6) is 11.5 Å². The molecule has 0 aliphatic carbocycles. The molecule has 2 aromatic rings. The first-order valence-electron chi connectivity index (χ1n) is 6.01. The number of methoxy groups -OCH3 is 2. The van der Waals surface area contributed by atoms with Crippen LogP contribution in [0.25, 0.3) is 0 Å². The fourth-order valence-electron chi connectivity index (χ4n) is 1.87. The minimum absolute atomic E-state index is 0.359. The lowest BCUT2D eigenvalue weighted by molar-refractivity contribution is 0.109. The normalized spacial score (nSPS) is 10.2. The molecule has 0 spiro atoms. The second-order valence-electron chi connectivity index (χ2n) is 4.14. The molecular weight excluding hydrogens is 244 g/mol. The number of hydrogen-bond donors (Lipinski definition) is 0. The number of rotatable bonds is 6. The second kappa shape index (κ2) is 6.09. The van der Waals surface area contributed by atoms with Crippen molar-refractivity contribution in [3.63, 3.8) is 0 Å². The third-order valence-electron chi connectivity index (χ3n) is 2.87. The minimum Gasteiger partial charge on any atom is -0.497 e. The molecular formula is C15H16O4. The Balaban J connectivity index is 2.07. The Hall–Kier alpha value is -2.23. The van der Waals surface area contributed by atoms with Crippen molar-refractivity contribution in [2.24, 2.45) is 0 Å². The Morgan fingerprint density at radius 3 is 2.26 bits per heavy atom. The van der Waals surface area contributed by atoms with Gasteiger partial charge >= 0.3 is 0 Å². The third-order valence-corrected chi connectivity index (χ3v) is 2.87. The van der Waals surface area contributed by atoms with Crippen LogP contribution >= 0.6 is 0 Å². The Morgan fingerprint density at radius 1 is 1.05 bits per heavy atom. The molecule has 0 radical (unpaired) electrons. The molecule has 0 aliphatic heterocycles. The number of benzene rings is 1. The second-order valence-corrected chi connectivity index (χ2v) is 4.14. The summed E-state index contributed by atoms with van der Waals surface area (Å²) in [5.41, 5.74) is 1.10. The van der Waals surface area contributed by atoms with E-state index in [-0.39, 0.29) is 0 Å². The molecule has 0 atom stereocenters. The smallest absolute Gasteiger partial charge is 0.185 e. The van der Waals surface area contributed by atoms with Crippen LogP contribution < -0.4 is 9.47 Å². The van der Waals surface area contributed by atoms with Crippen LogP contribution in [0.2, 0.25) is 0 Å². The molecule has 0 unspecified atom stereocenters. The van der Waals surface area contributed by atoms with Crippen LogP contribution in [-0.2, 0) is 12.8 Å². The largest absolute Gasteiger partial charge is 0.497 e. The van der Waals surface area contributed by atoms with Crippen molar-refractivity contribution in [1.29, 1.82) is 0 Å². The highest BCUT2D eigenvalue weighted by Crippen LogP contribution is 2.23. The van der Waals surface area contributed by atoms with E-state index in [4.69, 9.17) is 13.9 Å². The van der Waals surface area contributed by atoms with Gasteiger partial charge in [0.05, 0.1) is 14.2 Å².